The van der Waals surface area contributed by atoms with Crippen LogP contribution in [-0.2, 0) is 6.18 Å². The molecule has 156 valence electrons. The number of alkyl halides is 3. The summed E-state index contributed by atoms with van der Waals surface area (Å²) in [5, 5.41) is 7.88. The number of hydrogen-bond acceptors (Lipinski definition) is 7. The zero-order valence-corrected chi connectivity index (χ0v) is 17.0. The number of fused-ring (bicyclic) bond motifs is 1. The van der Waals surface area contributed by atoms with Crippen LogP contribution in [0.5, 0.6) is 5.75 Å². The van der Waals surface area contributed by atoms with Crippen LogP contribution in [0.4, 0.5) is 19.0 Å². The third-order valence-corrected chi connectivity index (χ3v) is 5.86. The molecule has 30 heavy (non-hydrogen) atoms. The van der Waals surface area contributed by atoms with Crippen LogP contribution >= 0.6 is 11.3 Å². The van der Waals surface area contributed by atoms with Crippen molar-refractivity contribution in [2.75, 3.05) is 12.4 Å². The Hall–Kier alpha value is -3.21. The van der Waals surface area contributed by atoms with Crippen LogP contribution < -0.4 is 10.1 Å². The Bertz CT molecular complexity index is 1190. The number of nitrogens with zero attached hydrogens (tertiary/aromatic N) is 5. The predicted molar refractivity (Wildman–Crippen MR) is 107 cm³/mol. The summed E-state index contributed by atoms with van der Waals surface area (Å²) in [7, 11) is 1.60. The second-order valence-electron chi connectivity index (χ2n) is 6.56. The summed E-state index contributed by atoms with van der Waals surface area (Å²) < 4.78 is 46.0. The minimum absolute atomic E-state index is 0.125. The summed E-state index contributed by atoms with van der Waals surface area (Å²) in [6.07, 6.45) is -3.42. The molecule has 0 aliphatic rings. The molecule has 0 saturated carbocycles. The molecule has 0 amide bonds. The minimum Gasteiger partial charge on any atom is -0.497 e. The van der Waals surface area contributed by atoms with Gasteiger partial charge in [0.1, 0.15) is 22.9 Å². The lowest BCUT2D eigenvalue weighted by atomic mass is 10.2. The molecule has 0 bridgehead atoms. The van der Waals surface area contributed by atoms with Gasteiger partial charge in [-0.25, -0.2) is 9.97 Å². The second-order valence-corrected chi connectivity index (χ2v) is 7.59. The lowest BCUT2D eigenvalue weighted by molar-refractivity contribution is -0.141. The van der Waals surface area contributed by atoms with Gasteiger partial charge in [0.25, 0.3) is 5.78 Å². The Morgan fingerprint density at radius 1 is 1.17 bits per heavy atom. The van der Waals surface area contributed by atoms with Crippen molar-refractivity contribution >= 4 is 22.9 Å². The van der Waals surface area contributed by atoms with E-state index in [9.17, 15) is 13.2 Å². The molecule has 1 unspecified atom stereocenters. The summed E-state index contributed by atoms with van der Waals surface area (Å²) in [4.78, 5) is 12.8. The van der Waals surface area contributed by atoms with E-state index in [1.807, 2.05) is 38.1 Å². The first-order valence-corrected chi connectivity index (χ1v) is 9.74. The molecule has 0 fully saturated rings. The number of halogens is 3. The topological polar surface area (TPSA) is 77.2 Å². The Balaban J connectivity index is 1.65. The zero-order valence-electron chi connectivity index (χ0n) is 16.2. The summed E-state index contributed by atoms with van der Waals surface area (Å²) in [6, 6.07) is 8.14. The van der Waals surface area contributed by atoms with Crippen LogP contribution in [0.1, 0.15) is 29.2 Å². The maximum Gasteiger partial charge on any atom is 0.433 e. The molecule has 7 nitrogen and oxygen atoms in total. The van der Waals surface area contributed by atoms with Gasteiger partial charge >= 0.3 is 6.18 Å². The highest BCUT2D eigenvalue weighted by Crippen LogP contribution is 2.35. The van der Waals surface area contributed by atoms with Crippen molar-refractivity contribution in [1.29, 1.82) is 0 Å². The molecule has 0 radical (unpaired) electrons. The minimum atomic E-state index is -4.59. The number of rotatable bonds is 5. The molecule has 3 heterocycles. The zero-order chi connectivity index (χ0) is 21.5. The molecule has 11 heteroatoms. The fourth-order valence-electron chi connectivity index (χ4n) is 3.01. The lowest BCUT2D eigenvalue weighted by Gasteiger charge is -2.16. The van der Waals surface area contributed by atoms with Crippen molar-refractivity contribution in [3.63, 3.8) is 0 Å². The van der Waals surface area contributed by atoms with Gasteiger partial charge in [0.2, 0.25) is 0 Å². The second kappa shape index (κ2) is 7.56. The average Bonchev–Trinajstić information content (AvgIpc) is 3.34. The average molecular weight is 434 g/mol. The SMILES string of the molecule is COc1ccc(-c2nc(C)c(C(C)Nc3cc(C(F)(F)F)nc4ncnn34)s2)cc1. The predicted octanol–water partition coefficient (Wildman–Crippen LogP) is 4.76. The number of aromatic nitrogens is 5. The van der Waals surface area contributed by atoms with Gasteiger partial charge in [-0.2, -0.15) is 27.8 Å². The number of benzene rings is 1. The number of aryl methyl sites for hydroxylation is 1. The molecule has 3 aromatic heterocycles. The van der Waals surface area contributed by atoms with Gasteiger partial charge in [0.05, 0.1) is 18.8 Å². The molecule has 4 rings (SSSR count). The molecule has 0 aliphatic heterocycles. The highest BCUT2D eigenvalue weighted by Gasteiger charge is 2.34. The highest BCUT2D eigenvalue weighted by atomic mass is 32.1. The Labute approximate surface area is 173 Å². The van der Waals surface area contributed by atoms with Gasteiger partial charge in [-0.15, -0.1) is 11.3 Å². The van der Waals surface area contributed by atoms with Crippen molar-refractivity contribution < 1.29 is 17.9 Å². The molecule has 1 atom stereocenters. The smallest absolute Gasteiger partial charge is 0.433 e. The van der Waals surface area contributed by atoms with Crippen molar-refractivity contribution in [2.45, 2.75) is 26.1 Å². The first-order valence-electron chi connectivity index (χ1n) is 8.92. The normalized spacial score (nSPS) is 12.9. The third-order valence-electron chi connectivity index (χ3n) is 4.47. The standard InChI is InChI=1S/C19H17F3N6OS/c1-10(16-11(2)26-17(30-16)12-4-6-13(29-3)7-5-12)25-15-8-14(19(20,21)22)27-18-23-9-24-28(15)18/h4-10,25H,1-3H3. The van der Waals surface area contributed by atoms with E-state index in [2.05, 4.69) is 25.4 Å². The van der Waals surface area contributed by atoms with E-state index in [4.69, 9.17) is 4.74 Å². The Morgan fingerprint density at radius 2 is 1.90 bits per heavy atom. The summed E-state index contributed by atoms with van der Waals surface area (Å²) >= 11 is 1.47. The fraction of sp³-hybridized carbons (Fsp3) is 0.263. The maximum atomic E-state index is 13.2. The van der Waals surface area contributed by atoms with Gasteiger partial charge in [-0.05, 0) is 38.1 Å². The van der Waals surface area contributed by atoms with Gasteiger partial charge in [0, 0.05) is 16.5 Å². The number of hydrogen-bond donors (Lipinski definition) is 1. The maximum absolute atomic E-state index is 13.2. The van der Waals surface area contributed by atoms with Crippen LogP contribution in [0.3, 0.4) is 0 Å². The fourth-order valence-corrected chi connectivity index (χ4v) is 4.09. The number of anilines is 1. The van der Waals surface area contributed by atoms with Crippen LogP contribution in [0.25, 0.3) is 16.3 Å². The van der Waals surface area contributed by atoms with Crippen molar-refractivity contribution in [3.05, 3.63) is 52.9 Å². The molecular formula is C19H17F3N6OS. The summed E-state index contributed by atoms with van der Waals surface area (Å²) in [5.74, 6) is 0.771. The number of methoxy groups -OCH3 is 1. The van der Waals surface area contributed by atoms with Gasteiger partial charge < -0.3 is 10.1 Å². The first kappa shape index (κ1) is 20.1. The van der Waals surface area contributed by atoms with Crippen molar-refractivity contribution in [1.82, 2.24) is 24.6 Å². The molecule has 1 N–H and O–H groups in total. The third kappa shape index (κ3) is 3.80. The molecule has 0 aliphatic carbocycles. The van der Waals surface area contributed by atoms with Crippen molar-refractivity contribution in [3.8, 4) is 16.3 Å². The quantitative estimate of drug-likeness (QED) is 0.488. The highest BCUT2D eigenvalue weighted by molar-refractivity contribution is 7.15. The van der Waals surface area contributed by atoms with E-state index >= 15 is 0 Å². The van der Waals surface area contributed by atoms with E-state index in [0.717, 1.165) is 39.3 Å². The lowest BCUT2D eigenvalue weighted by Crippen LogP contribution is -2.15. The van der Waals surface area contributed by atoms with E-state index in [0.29, 0.717) is 0 Å². The van der Waals surface area contributed by atoms with E-state index < -0.39 is 11.9 Å². The molecule has 4 aromatic rings. The van der Waals surface area contributed by atoms with Crippen molar-refractivity contribution in [2.24, 2.45) is 0 Å². The molecular weight excluding hydrogens is 417 g/mol. The summed E-state index contributed by atoms with van der Waals surface area (Å²) in [6.45, 7) is 3.73. The van der Waals surface area contributed by atoms with Crippen LogP contribution in [0.15, 0.2) is 36.7 Å². The number of thiazole rings is 1. The van der Waals surface area contributed by atoms with E-state index in [1.54, 1.807) is 7.11 Å². The van der Waals surface area contributed by atoms with Gasteiger partial charge in [0.15, 0.2) is 5.69 Å². The number of nitrogens with one attached hydrogen (secondary N) is 1. The molecule has 1 aromatic carbocycles. The largest absolute Gasteiger partial charge is 0.497 e. The molecule has 0 spiro atoms. The first-order chi connectivity index (χ1) is 14.3. The van der Waals surface area contributed by atoms with Gasteiger partial charge in [-0.1, -0.05) is 0 Å². The van der Waals surface area contributed by atoms with Crippen LogP contribution in [-0.4, -0.2) is 31.7 Å². The molecule has 0 saturated heterocycles. The summed E-state index contributed by atoms with van der Waals surface area (Å²) in [5.41, 5.74) is 0.702. The Morgan fingerprint density at radius 3 is 2.57 bits per heavy atom. The Kier molecular flexibility index (Phi) is 5.06. The van der Waals surface area contributed by atoms with E-state index in [-0.39, 0.29) is 17.6 Å². The number of ether oxygens (including phenoxy) is 1. The van der Waals surface area contributed by atoms with Crippen LogP contribution in [0.2, 0.25) is 0 Å². The monoisotopic (exact) mass is 434 g/mol. The van der Waals surface area contributed by atoms with E-state index in [1.165, 1.54) is 15.9 Å². The van der Waals surface area contributed by atoms with Crippen LogP contribution in [0, 0.1) is 6.92 Å². The van der Waals surface area contributed by atoms with Gasteiger partial charge in [-0.3, -0.25) is 0 Å².